The molecule has 0 unspecified atom stereocenters. The molecule has 10 aromatic rings. The molecular formula is C48H30O. The molecule has 0 amide bonds. The molecule has 0 aliphatic rings. The molecule has 228 valence electrons. The molecule has 0 fully saturated rings. The van der Waals surface area contributed by atoms with Gasteiger partial charge in [-0.3, -0.25) is 0 Å². The summed E-state index contributed by atoms with van der Waals surface area (Å²) in [7, 11) is 0. The van der Waals surface area contributed by atoms with Crippen molar-refractivity contribution in [2.75, 3.05) is 0 Å². The minimum Gasteiger partial charge on any atom is -0.455 e. The summed E-state index contributed by atoms with van der Waals surface area (Å²) in [6, 6.07) is 11.6. The van der Waals surface area contributed by atoms with Gasteiger partial charge in [-0.1, -0.05) is 163 Å². The SMILES string of the molecule is [2H]c1c([2H])c([2H])c(-c2c3c([2H])c([2H])c([2H])c([2H])c3c(-c3c([2H])c([2H])c(-c4ccc5oc6c(-c7ccc8ccccc8c7)cccc6c5c4)c([2H])c3[2H])c3c([2H])c([2H])c([2H])c([2H])c23)c([2H])c1[2H]. The maximum Gasteiger partial charge on any atom is 0.143 e. The average molecular weight is 640 g/mol. The number of rotatable bonds is 4. The van der Waals surface area contributed by atoms with Gasteiger partial charge in [0.1, 0.15) is 11.2 Å². The lowest BCUT2D eigenvalue weighted by Gasteiger charge is -2.18. The molecule has 0 aliphatic heterocycles. The Balaban J connectivity index is 1.29. The first-order valence-corrected chi connectivity index (χ1v) is 15.5. The smallest absolute Gasteiger partial charge is 0.143 e. The van der Waals surface area contributed by atoms with Crippen LogP contribution in [0.5, 0.6) is 0 Å². The van der Waals surface area contributed by atoms with E-state index in [0.717, 1.165) is 27.3 Å². The van der Waals surface area contributed by atoms with Crippen molar-refractivity contribution in [1.82, 2.24) is 0 Å². The predicted molar refractivity (Wildman–Crippen MR) is 208 cm³/mol. The molecule has 0 radical (unpaired) electrons. The van der Waals surface area contributed by atoms with Crippen LogP contribution in [-0.4, -0.2) is 0 Å². The van der Waals surface area contributed by atoms with E-state index in [0.29, 0.717) is 16.6 Å². The standard InChI is InChI=1S/C48H30O/c1-2-12-33(13-3-1)46-39-15-6-8-17-41(39)47(42-18-9-7-16-40(42)46)34-24-21-32(22-25-34)36-27-28-45-44(30-36)43-20-10-19-38(48(43)49-45)37-26-23-31-11-4-5-14-35(31)29-37/h1-30H/i1D,2D,3D,6D,7D,8D,9D,12D,13D,15D,16D,17D,18D,21D,22D,24D,25D. The second-order valence-corrected chi connectivity index (χ2v) is 11.6. The Hall–Kier alpha value is -6.44. The van der Waals surface area contributed by atoms with Crippen molar-refractivity contribution in [3.63, 3.8) is 0 Å². The Labute approximate surface area is 308 Å². The number of furan rings is 1. The summed E-state index contributed by atoms with van der Waals surface area (Å²) >= 11 is 0. The van der Waals surface area contributed by atoms with Crippen molar-refractivity contribution in [3.05, 3.63) is 182 Å². The van der Waals surface area contributed by atoms with E-state index in [1.165, 1.54) is 0 Å². The van der Waals surface area contributed by atoms with Gasteiger partial charge in [-0.2, -0.15) is 0 Å². The lowest BCUT2D eigenvalue weighted by Crippen LogP contribution is -1.90. The summed E-state index contributed by atoms with van der Waals surface area (Å²) in [5.74, 6) is 0. The van der Waals surface area contributed by atoms with E-state index in [1.807, 2.05) is 54.6 Å². The lowest BCUT2D eigenvalue weighted by molar-refractivity contribution is 0.670. The van der Waals surface area contributed by atoms with Gasteiger partial charge in [-0.15, -0.1) is 0 Å². The van der Waals surface area contributed by atoms with Crippen molar-refractivity contribution in [3.8, 4) is 44.5 Å². The molecule has 9 aromatic carbocycles. The molecule has 0 atom stereocenters. The predicted octanol–water partition coefficient (Wildman–Crippen LogP) is 13.7. The van der Waals surface area contributed by atoms with Gasteiger partial charge in [-0.05, 0) is 89.5 Å². The molecule has 49 heavy (non-hydrogen) atoms. The van der Waals surface area contributed by atoms with E-state index in [2.05, 4.69) is 6.07 Å². The molecule has 1 aromatic heterocycles. The first-order valence-electron chi connectivity index (χ1n) is 24.0. The first-order chi connectivity index (χ1) is 31.4. The van der Waals surface area contributed by atoms with Crippen molar-refractivity contribution in [1.29, 1.82) is 0 Å². The van der Waals surface area contributed by atoms with E-state index < -0.39 is 147 Å². The Kier molecular flexibility index (Phi) is 3.54. The summed E-state index contributed by atoms with van der Waals surface area (Å²) < 4.78 is 159. The van der Waals surface area contributed by atoms with Gasteiger partial charge in [0.05, 0.1) is 23.3 Å². The van der Waals surface area contributed by atoms with E-state index in [1.54, 1.807) is 18.2 Å². The Morgan fingerprint density at radius 3 is 1.65 bits per heavy atom. The van der Waals surface area contributed by atoms with Gasteiger partial charge < -0.3 is 4.42 Å². The third-order valence-corrected chi connectivity index (χ3v) is 8.85. The summed E-state index contributed by atoms with van der Waals surface area (Å²) in [4.78, 5) is 0. The lowest BCUT2D eigenvalue weighted by atomic mass is 9.86. The van der Waals surface area contributed by atoms with Crippen molar-refractivity contribution in [2.24, 2.45) is 0 Å². The maximum absolute atomic E-state index is 9.54. The number of fused-ring (bicyclic) bond motifs is 6. The number of para-hydroxylation sites is 1. The zero-order valence-electron chi connectivity index (χ0n) is 42.4. The minimum atomic E-state index is -0.825. The molecule has 10 rings (SSSR count). The highest BCUT2D eigenvalue weighted by Gasteiger charge is 2.17. The van der Waals surface area contributed by atoms with Gasteiger partial charge in [0.25, 0.3) is 0 Å². The van der Waals surface area contributed by atoms with E-state index >= 15 is 0 Å². The average Bonchev–Trinajstić information content (AvgIpc) is 3.70. The van der Waals surface area contributed by atoms with Gasteiger partial charge in [-0.25, -0.2) is 0 Å². The van der Waals surface area contributed by atoms with Crippen LogP contribution in [0.3, 0.4) is 0 Å². The van der Waals surface area contributed by atoms with Crippen molar-refractivity contribution in [2.45, 2.75) is 0 Å². The van der Waals surface area contributed by atoms with Gasteiger partial charge in [0.2, 0.25) is 0 Å². The monoisotopic (exact) mass is 639 g/mol. The van der Waals surface area contributed by atoms with Crippen LogP contribution in [0.1, 0.15) is 23.3 Å². The summed E-state index contributed by atoms with van der Waals surface area (Å²) in [5, 5.41) is 1.41. The largest absolute Gasteiger partial charge is 0.455 e. The summed E-state index contributed by atoms with van der Waals surface area (Å²) in [6.07, 6.45) is 0. The molecule has 0 aliphatic carbocycles. The zero-order chi connectivity index (χ0) is 47.1. The van der Waals surface area contributed by atoms with Crippen LogP contribution in [0.2, 0.25) is 0 Å². The highest BCUT2D eigenvalue weighted by atomic mass is 16.3. The van der Waals surface area contributed by atoms with Crippen molar-refractivity contribution >= 4 is 54.3 Å². The topological polar surface area (TPSA) is 13.1 Å². The third-order valence-electron chi connectivity index (χ3n) is 8.85. The quantitative estimate of drug-likeness (QED) is 0.175. The molecule has 0 bridgehead atoms. The van der Waals surface area contributed by atoms with E-state index in [4.69, 9.17) is 16.8 Å². The highest BCUT2D eigenvalue weighted by molar-refractivity contribution is 6.21. The van der Waals surface area contributed by atoms with Crippen LogP contribution in [-0.2, 0) is 0 Å². The summed E-state index contributed by atoms with van der Waals surface area (Å²) in [6.45, 7) is 0. The van der Waals surface area contributed by atoms with E-state index in [-0.39, 0.29) is 11.1 Å². The van der Waals surface area contributed by atoms with Crippen LogP contribution >= 0.6 is 0 Å². The number of hydrogen-bond acceptors (Lipinski definition) is 1. The summed E-state index contributed by atoms with van der Waals surface area (Å²) in [5.41, 5.74) is 0.808. The zero-order valence-corrected chi connectivity index (χ0v) is 25.4. The second kappa shape index (κ2) is 11.1. The fourth-order valence-electron chi connectivity index (χ4n) is 6.62. The van der Waals surface area contributed by atoms with Crippen LogP contribution < -0.4 is 0 Å². The van der Waals surface area contributed by atoms with Gasteiger partial charge >= 0.3 is 0 Å². The molecular weight excluding hydrogens is 593 g/mol. The maximum atomic E-state index is 9.54. The molecule has 0 N–H and O–H groups in total. The minimum absolute atomic E-state index is 0.135. The Morgan fingerprint density at radius 2 is 0.959 bits per heavy atom. The fourth-order valence-corrected chi connectivity index (χ4v) is 6.62. The van der Waals surface area contributed by atoms with Crippen molar-refractivity contribution < 1.29 is 27.7 Å². The van der Waals surface area contributed by atoms with Crippen LogP contribution in [0.25, 0.3) is 98.8 Å². The Bertz CT molecular complexity index is 3720. The van der Waals surface area contributed by atoms with Gasteiger partial charge in [0, 0.05) is 16.3 Å². The first kappa shape index (κ1) is 15.6. The van der Waals surface area contributed by atoms with Crippen LogP contribution in [0, 0.1) is 0 Å². The normalized spacial score (nSPS) is 16.5. The fraction of sp³-hybridized carbons (Fsp3) is 0. The molecule has 1 heterocycles. The molecule has 0 saturated heterocycles. The number of benzene rings is 9. The third kappa shape index (κ3) is 4.47. The van der Waals surface area contributed by atoms with Crippen LogP contribution in [0.4, 0.5) is 0 Å². The Morgan fingerprint density at radius 1 is 0.367 bits per heavy atom. The molecule has 1 nitrogen and oxygen atoms in total. The molecule has 1 heteroatoms. The van der Waals surface area contributed by atoms with E-state index in [9.17, 15) is 11.0 Å². The van der Waals surface area contributed by atoms with Crippen LogP contribution in [0.15, 0.2) is 186 Å². The van der Waals surface area contributed by atoms with Gasteiger partial charge in [0.15, 0.2) is 0 Å². The molecule has 0 spiro atoms. The second-order valence-electron chi connectivity index (χ2n) is 11.6. The molecule has 0 saturated carbocycles. The highest BCUT2D eigenvalue weighted by Crippen LogP contribution is 2.44. The number of hydrogen-bond donors (Lipinski definition) is 0.